The molecule has 0 unspecified atom stereocenters. The van der Waals surface area contributed by atoms with Crippen LogP contribution in [-0.4, -0.2) is 45.0 Å². The number of primary sulfonamides is 1. The van der Waals surface area contributed by atoms with Gasteiger partial charge in [-0.25, -0.2) is 13.6 Å². The van der Waals surface area contributed by atoms with E-state index in [1.807, 2.05) is 12.1 Å². The highest BCUT2D eigenvalue weighted by atomic mass is 32.2. The molecule has 7 nitrogen and oxygen atoms in total. The average molecular weight is 416 g/mol. The van der Waals surface area contributed by atoms with Crippen molar-refractivity contribution < 1.29 is 17.9 Å². The van der Waals surface area contributed by atoms with Crippen molar-refractivity contribution in [3.8, 4) is 5.75 Å². The summed E-state index contributed by atoms with van der Waals surface area (Å²) in [6.45, 7) is 4.74. The van der Waals surface area contributed by atoms with Crippen LogP contribution in [0.2, 0.25) is 0 Å². The first-order valence-electron chi connectivity index (χ1n) is 9.78. The minimum Gasteiger partial charge on any atom is -0.492 e. The van der Waals surface area contributed by atoms with Crippen molar-refractivity contribution in [3.05, 3.63) is 58.7 Å². The van der Waals surface area contributed by atoms with Crippen LogP contribution in [0.1, 0.15) is 34.0 Å². The molecule has 3 N–H and O–H groups in total. The number of ether oxygens (including phenoxy) is 1. The van der Waals surface area contributed by atoms with Crippen LogP contribution in [0, 0.1) is 0 Å². The fraction of sp³-hybridized carbons (Fsp3) is 0.381. The van der Waals surface area contributed by atoms with Crippen molar-refractivity contribution >= 4 is 15.9 Å². The molecule has 154 valence electrons. The summed E-state index contributed by atoms with van der Waals surface area (Å²) in [4.78, 5) is 15.2. The lowest BCUT2D eigenvalue weighted by atomic mass is 9.94. The van der Waals surface area contributed by atoms with E-state index in [0.29, 0.717) is 30.9 Å². The van der Waals surface area contributed by atoms with Crippen LogP contribution in [0.5, 0.6) is 5.75 Å². The molecule has 0 radical (unpaired) electrons. The normalized spacial score (nSPS) is 18.6. The molecule has 2 heterocycles. The molecule has 0 saturated heterocycles. The minimum atomic E-state index is -3.91. The summed E-state index contributed by atoms with van der Waals surface area (Å²) in [6.07, 6.45) is 1.41. The number of likely N-dealkylation sites (N-methyl/N-ethyl adjacent to an activating group) is 1. The predicted molar refractivity (Wildman–Crippen MR) is 109 cm³/mol. The monoisotopic (exact) mass is 415 g/mol. The number of carbonyl (C=O) groups is 1. The highest BCUT2D eigenvalue weighted by Gasteiger charge is 2.28. The second kappa shape index (κ2) is 7.78. The van der Waals surface area contributed by atoms with Crippen LogP contribution in [0.3, 0.4) is 0 Å². The fourth-order valence-corrected chi connectivity index (χ4v) is 4.72. The summed E-state index contributed by atoms with van der Waals surface area (Å²) in [5.74, 6) is 0.111. The molecule has 29 heavy (non-hydrogen) atoms. The highest BCUT2D eigenvalue weighted by Crippen LogP contribution is 2.32. The number of rotatable bonds is 5. The van der Waals surface area contributed by atoms with Gasteiger partial charge in [-0.3, -0.25) is 9.69 Å². The van der Waals surface area contributed by atoms with E-state index >= 15 is 0 Å². The summed E-state index contributed by atoms with van der Waals surface area (Å²) in [5, 5.41) is 8.26. The molecular formula is C21H25N3O4S. The number of nitrogens with two attached hydrogens (primary N) is 1. The second-order valence-electron chi connectivity index (χ2n) is 7.50. The average Bonchev–Trinajstić information content (AvgIpc) is 3.18. The Labute approximate surface area is 170 Å². The largest absolute Gasteiger partial charge is 0.492 e. The van der Waals surface area contributed by atoms with E-state index in [9.17, 15) is 13.2 Å². The number of nitrogens with one attached hydrogen (secondary N) is 1. The second-order valence-corrected chi connectivity index (χ2v) is 9.06. The molecule has 0 aliphatic carbocycles. The van der Waals surface area contributed by atoms with Crippen LogP contribution in [0.4, 0.5) is 0 Å². The fourth-order valence-electron chi connectivity index (χ4n) is 4.13. The van der Waals surface area contributed by atoms with E-state index in [1.165, 1.54) is 23.3 Å². The number of hydrogen-bond donors (Lipinski definition) is 2. The van der Waals surface area contributed by atoms with Gasteiger partial charge in [-0.15, -0.1) is 0 Å². The maximum Gasteiger partial charge on any atom is 0.255 e. The first kappa shape index (κ1) is 19.9. The van der Waals surface area contributed by atoms with E-state index in [2.05, 4.69) is 29.3 Å². The van der Waals surface area contributed by atoms with Gasteiger partial charge in [0.25, 0.3) is 5.91 Å². The Morgan fingerprint density at radius 2 is 2.00 bits per heavy atom. The zero-order valence-corrected chi connectivity index (χ0v) is 17.2. The third kappa shape index (κ3) is 4.01. The van der Waals surface area contributed by atoms with Gasteiger partial charge in [0.15, 0.2) is 0 Å². The van der Waals surface area contributed by atoms with Crippen LogP contribution >= 0.6 is 0 Å². The molecule has 8 heteroatoms. The van der Waals surface area contributed by atoms with Gasteiger partial charge in [0.1, 0.15) is 5.75 Å². The Morgan fingerprint density at radius 3 is 2.72 bits per heavy atom. The number of benzene rings is 2. The van der Waals surface area contributed by atoms with Gasteiger partial charge >= 0.3 is 0 Å². The van der Waals surface area contributed by atoms with Crippen LogP contribution in [0.15, 0.2) is 41.3 Å². The molecule has 2 aromatic carbocycles. The molecule has 2 aromatic rings. The molecule has 1 atom stereocenters. The molecule has 4 rings (SSSR count). The quantitative estimate of drug-likeness (QED) is 0.770. The van der Waals surface area contributed by atoms with E-state index < -0.39 is 10.0 Å². The maximum atomic E-state index is 12.9. The molecule has 0 aromatic heterocycles. The summed E-state index contributed by atoms with van der Waals surface area (Å²) < 4.78 is 29.2. The zero-order valence-electron chi connectivity index (χ0n) is 16.3. The first-order valence-corrected chi connectivity index (χ1v) is 11.3. The Kier molecular flexibility index (Phi) is 5.33. The van der Waals surface area contributed by atoms with Gasteiger partial charge in [-0.05, 0) is 41.8 Å². The molecule has 2 aliphatic heterocycles. The number of carbonyl (C=O) groups excluding carboxylic acids is 1. The zero-order chi connectivity index (χ0) is 20.6. The molecular weight excluding hydrogens is 390 g/mol. The van der Waals surface area contributed by atoms with Gasteiger partial charge in [-0.1, -0.05) is 31.2 Å². The lowest BCUT2D eigenvalue weighted by Crippen LogP contribution is -2.47. The minimum absolute atomic E-state index is 0.0614. The highest BCUT2D eigenvalue weighted by molar-refractivity contribution is 7.89. The topological polar surface area (TPSA) is 102 Å². The van der Waals surface area contributed by atoms with Gasteiger partial charge in [-0.2, -0.15) is 0 Å². The van der Waals surface area contributed by atoms with Crippen molar-refractivity contribution in [2.75, 3.05) is 19.7 Å². The van der Waals surface area contributed by atoms with Crippen molar-refractivity contribution in [1.82, 2.24) is 10.2 Å². The maximum absolute atomic E-state index is 12.9. The Balaban J connectivity index is 1.54. The smallest absolute Gasteiger partial charge is 0.255 e. The van der Waals surface area contributed by atoms with Gasteiger partial charge in [0.2, 0.25) is 10.0 Å². The number of amides is 1. The third-order valence-electron chi connectivity index (χ3n) is 5.70. The van der Waals surface area contributed by atoms with Gasteiger partial charge in [0, 0.05) is 25.6 Å². The lowest BCUT2D eigenvalue weighted by molar-refractivity contribution is 0.0924. The van der Waals surface area contributed by atoms with Crippen LogP contribution in [0.25, 0.3) is 0 Å². The van der Waals surface area contributed by atoms with Crippen molar-refractivity contribution in [3.63, 3.8) is 0 Å². The lowest BCUT2D eigenvalue weighted by Gasteiger charge is -2.36. The Bertz CT molecular complexity index is 1050. The Morgan fingerprint density at radius 1 is 1.24 bits per heavy atom. The van der Waals surface area contributed by atoms with Gasteiger partial charge in [0.05, 0.1) is 17.1 Å². The molecule has 2 aliphatic rings. The van der Waals surface area contributed by atoms with Crippen LogP contribution in [-0.2, 0) is 29.4 Å². The summed E-state index contributed by atoms with van der Waals surface area (Å²) >= 11 is 0. The van der Waals surface area contributed by atoms with E-state index in [-0.39, 0.29) is 22.4 Å². The van der Waals surface area contributed by atoms with E-state index in [1.54, 1.807) is 0 Å². The molecule has 0 bridgehead atoms. The number of nitrogens with zero attached hydrogens (tertiary/aromatic N) is 1. The van der Waals surface area contributed by atoms with Crippen molar-refractivity contribution in [1.29, 1.82) is 0 Å². The summed E-state index contributed by atoms with van der Waals surface area (Å²) in [6, 6.07) is 11.3. The van der Waals surface area contributed by atoms with Crippen molar-refractivity contribution in [2.24, 2.45) is 5.14 Å². The number of fused-ring (bicyclic) bond motifs is 2. The first-order chi connectivity index (χ1) is 13.9. The van der Waals surface area contributed by atoms with E-state index in [0.717, 1.165) is 19.5 Å². The van der Waals surface area contributed by atoms with Crippen molar-refractivity contribution in [2.45, 2.75) is 37.2 Å². The number of sulfonamides is 1. The molecule has 0 spiro atoms. The van der Waals surface area contributed by atoms with E-state index in [4.69, 9.17) is 9.88 Å². The Hall–Kier alpha value is -2.42. The number of hydrogen-bond acceptors (Lipinski definition) is 5. The standard InChI is InChI=1S/C21H25N3O4S/c1-2-24-13-16-6-4-3-5-14(16)9-17(24)12-23-21(25)19-11-18(29(22,26)27)10-15-7-8-28-20(15)19/h3-6,10-11,17H,2,7-9,12-13H2,1H3,(H,23,25)(H2,22,26,27)/t17-/m0/s1. The SMILES string of the molecule is CCN1Cc2ccccc2C[C@H]1CNC(=O)c1cc(S(N)(=O)=O)cc2c1OCC2. The predicted octanol–water partition coefficient (Wildman–Crippen LogP) is 1.45. The molecule has 1 amide bonds. The van der Waals surface area contributed by atoms with Gasteiger partial charge < -0.3 is 10.1 Å². The molecule has 0 fully saturated rings. The summed E-state index contributed by atoms with van der Waals surface area (Å²) in [5.41, 5.74) is 3.55. The third-order valence-corrected chi connectivity index (χ3v) is 6.59. The van der Waals surface area contributed by atoms with Crippen LogP contribution < -0.4 is 15.2 Å². The molecule has 0 saturated carbocycles. The summed E-state index contributed by atoms with van der Waals surface area (Å²) in [7, 11) is -3.91.